The second kappa shape index (κ2) is 5.22. The Hall–Kier alpha value is -0.540. The molecule has 0 bridgehead atoms. The van der Waals surface area contributed by atoms with E-state index in [1.807, 2.05) is 12.1 Å². The minimum Gasteiger partial charge on any atom is -0.487 e. The van der Waals surface area contributed by atoms with E-state index in [-0.39, 0.29) is 11.6 Å². The monoisotopic (exact) mass is 311 g/mol. The molecular weight excluding hydrogens is 290 g/mol. The molecule has 100 valence electrons. The number of benzene rings is 1. The minimum absolute atomic E-state index is 0.0824. The summed E-state index contributed by atoms with van der Waals surface area (Å²) in [6.07, 6.45) is 3.13. The van der Waals surface area contributed by atoms with Gasteiger partial charge in [0.1, 0.15) is 11.4 Å². The van der Waals surface area contributed by atoms with Crippen LogP contribution in [0.3, 0.4) is 0 Å². The topological polar surface area (TPSA) is 35.2 Å². The van der Waals surface area contributed by atoms with Crippen LogP contribution in [0, 0.1) is 5.92 Å². The first-order valence-corrected chi connectivity index (χ1v) is 7.43. The minimum atomic E-state index is -0.127. The van der Waals surface area contributed by atoms with Crippen LogP contribution < -0.4 is 10.5 Å². The third-order valence-electron chi connectivity index (χ3n) is 3.63. The SMILES string of the molecule is CC(C)CCC1(C)CC(N)c2ccc(Br)cc2O1. The van der Waals surface area contributed by atoms with Crippen LogP contribution in [-0.2, 0) is 0 Å². The van der Waals surface area contributed by atoms with Gasteiger partial charge in [-0.2, -0.15) is 0 Å². The quantitative estimate of drug-likeness (QED) is 0.896. The highest BCUT2D eigenvalue weighted by Gasteiger charge is 2.35. The molecule has 0 saturated heterocycles. The van der Waals surface area contributed by atoms with E-state index >= 15 is 0 Å². The Kier molecular flexibility index (Phi) is 4.02. The maximum Gasteiger partial charge on any atom is 0.126 e. The summed E-state index contributed by atoms with van der Waals surface area (Å²) in [4.78, 5) is 0. The molecule has 18 heavy (non-hydrogen) atoms. The van der Waals surface area contributed by atoms with Gasteiger partial charge in [-0.15, -0.1) is 0 Å². The van der Waals surface area contributed by atoms with Gasteiger partial charge >= 0.3 is 0 Å². The van der Waals surface area contributed by atoms with Crippen molar-refractivity contribution in [3.8, 4) is 5.75 Å². The van der Waals surface area contributed by atoms with Gasteiger partial charge in [-0.25, -0.2) is 0 Å². The van der Waals surface area contributed by atoms with E-state index in [0.717, 1.165) is 28.6 Å². The molecule has 0 aliphatic carbocycles. The van der Waals surface area contributed by atoms with Gasteiger partial charge in [0.15, 0.2) is 0 Å². The highest BCUT2D eigenvalue weighted by molar-refractivity contribution is 9.10. The molecule has 0 amide bonds. The third kappa shape index (κ3) is 3.07. The average Bonchev–Trinajstić information content (AvgIpc) is 2.25. The molecule has 0 spiro atoms. The van der Waals surface area contributed by atoms with Gasteiger partial charge in [0.25, 0.3) is 0 Å². The zero-order chi connectivity index (χ0) is 13.3. The van der Waals surface area contributed by atoms with Crippen molar-refractivity contribution >= 4 is 15.9 Å². The van der Waals surface area contributed by atoms with Gasteiger partial charge in [-0.3, -0.25) is 0 Å². The standard InChI is InChI=1S/C15H22BrNO/c1-10(2)6-7-15(3)9-13(17)12-5-4-11(16)8-14(12)18-15/h4-5,8,10,13H,6-7,9,17H2,1-3H3. The first kappa shape index (κ1) is 13.9. The fourth-order valence-electron chi connectivity index (χ4n) is 2.53. The van der Waals surface area contributed by atoms with Crippen molar-refractivity contribution in [1.82, 2.24) is 0 Å². The number of ether oxygens (including phenoxy) is 1. The third-order valence-corrected chi connectivity index (χ3v) is 4.13. The molecule has 0 radical (unpaired) electrons. The van der Waals surface area contributed by atoms with E-state index in [2.05, 4.69) is 42.8 Å². The molecule has 0 saturated carbocycles. The van der Waals surface area contributed by atoms with E-state index in [1.165, 1.54) is 6.42 Å². The molecule has 2 nitrogen and oxygen atoms in total. The number of hydrogen-bond donors (Lipinski definition) is 1. The second-order valence-electron chi connectivity index (χ2n) is 5.98. The summed E-state index contributed by atoms with van der Waals surface area (Å²) in [5, 5.41) is 0. The Morgan fingerprint density at radius 1 is 1.50 bits per heavy atom. The molecule has 0 fully saturated rings. The summed E-state index contributed by atoms with van der Waals surface area (Å²) in [6.45, 7) is 6.67. The maximum absolute atomic E-state index is 6.28. The molecule has 2 atom stereocenters. The summed E-state index contributed by atoms with van der Waals surface area (Å²) >= 11 is 3.49. The van der Waals surface area contributed by atoms with Gasteiger partial charge in [0.2, 0.25) is 0 Å². The van der Waals surface area contributed by atoms with Crippen LogP contribution in [0.5, 0.6) is 5.75 Å². The van der Waals surface area contributed by atoms with Crippen LogP contribution in [0.2, 0.25) is 0 Å². The predicted molar refractivity (Wildman–Crippen MR) is 78.8 cm³/mol. The fourth-order valence-corrected chi connectivity index (χ4v) is 2.87. The average molecular weight is 312 g/mol. The highest BCUT2D eigenvalue weighted by Crippen LogP contribution is 2.41. The van der Waals surface area contributed by atoms with Gasteiger partial charge in [-0.05, 0) is 37.8 Å². The number of halogens is 1. The van der Waals surface area contributed by atoms with Gasteiger partial charge in [0.05, 0.1) is 0 Å². The first-order valence-electron chi connectivity index (χ1n) is 6.64. The van der Waals surface area contributed by atoms with Crippen LogP contribution in [0.25, 0.3) is 0 Å². The zero-order valence-corrected chi connectivity index (χ0v) is 13.0. The number of hydrogen-bond acceptors (Lipinski definition) is 2. The van der Waals surface area contributed by atoms with E-state index in [4.69, 9.17) is 10.5 Å². The Morgan fingerprint density at radius 2 is 2.22 bits per heavy atom. The lowest BCUT2D eigenvalue weighted by atomic mass is 9.84. The van der Waals surface area contributed by atoms with E-state index in [1.54, 1.807) is 0 Å². The van der Waals surface area contributed by atoms with Gasteiger partial charge < -0.3 is 10.5 Å². The Balaban J connectivity index is 2.20. The molecule has 3 heteroatoms. The van der Waals surface area contributed by atoms with Crippen molar-refractivity contribution < 1.29 is 4.74 Å². The highest BCUT2D eigenvalue weighted by atomic mass is 79.9. The van der Waals surface area contributed by atoms with Gasteiger partial charge in [0, 0.05) is 22.5 Å². The number of rotatable bonds is 3. The number of fused-ring (bicyclic) bond motifs is 1. The van der Waals surface area contributed by atoms with Crippen LogP contribution in [0.15, 0.2) is 22.7 Å². The lowest BCUT2D eigenvalue weighted by molar-refractivity contribution is 0.0404. The summed E-state index contributed by atoms with van der Waals surface area (Å²) in [7, 11) is 0. The Morgan fingerprint density at radius 3 is 2.89 bits per heavy atom. The van der Waals surface area contributed by atoms with E-state index in [9.17, 15) is 0 Å². The fraction of sp³-hybridized carbons (Fsp3) is 0.600. The summed E-state index contributed by atoms with van der Waals surface area (Å²) in [6, 6.07) is 6.20. The summed E-state index contributed by atoms with van der Waals surface area (Å²) in [5.41, 5.74) is 7.28. The van der Waals surface area contributed by atoms with Crippen molar-refractivity contribution in [3.63, 3.8) is 0 Å². The lowest BCUT2D eigenvalue weighted by Crippen LogP contribution is -2.40. The van der Waals surface area contributed by atoms with Crippen molar-refractivity contribution in [2.75, 3.05) is 0 Å². The molecule has 0 aromatic heterocycles. The van der Waals surface area contributed by atoms with Crippen LogP contribution >= 0.6 is 15.9 Å². The van der Waals surface area contributed by atoms with Crippen molar-refractivity contribution in [2.45, 2.75) is 51.7 Å². The normalized spacial score (nSPS) is 26.9. The van der Waals surface area contributed by atoms with Crippen LogP contribution in [0.4, 0.5) is 0 Å². The molecule has 1 aliphatic rings. The zero-order valence-electron chi connectivity index (χ0n) is 11.4. The predicted octanol–water partition coefficient (Wildman–Crippen LogP) is 4.43. The molecule has 1 aliphatic heterocycles. The largest absolute Gasteiger partial charge is 0.487 e. The number of nitrogens with two attached hydrogens (primary N) is 1. The molecular formula is C15H22BrNO. The maximum atomic E-state index is 6.28. The lowest BCUT2D eigenvalue weighted by Gasteiger charge is -2.39. The van der Waals surface area contributed by atoms with Crippen LogP contribution in [0.1, 0.15) is 51.6 Å². The first-order chi connectivity index (χ1) is 8.39. The van der Waals surface area contributed by atoms with Crippen molar-refractivity contribution in [3.05, 3.63) is 28.2 Å². The molecule has 2 unspecified atom stereocenters. The Labute approximate surface area is 118 Å². The summed E-state index contributed by atoms with van der Waals surface area (Å²) in [5.74, 6) is 1.64. The second-order valence-corrected chi connectivity index (χ2v) is 6.89. The van der Waals surface area contributed by atoms with E-state index in [0.29, 0.717) is 5.92 Å². The summed E-state index contributed by atoms with van der Waals surface area (Å²) < 4.78 is 7.25. The smallest absolute Gasteiger partial charge is 0.126 e. The molecule has 1 heterocycles. The molecule has 1 aromatic carbocycles. The molecule has 2 rings (SSSR count). The Bertz CT molecular complexity index is 433. The molecule has 2 N–H and O–H groups in total. The van der Waals surface area contributed by atoms with E-state index < -0.39 is 0 Å². The van der Waals surface area contributed by atoms with Crippen molar-refractivity contribution in [2.24, 2.45) is 11.7 Å². The van der Waals surface area contributed by atoms with Crippen LogP contribution in [-0.4, -0.2) is 5.60 Å². The molecule has 1 aromatic rings. The van der Waals surface area contributed by atoms with Gasteiger partial charge in [-0.1, -0.05) is 35.8 Å². The van der Waals surface area contributed by atoms with Crippen molar-refractivity contribution in [1.29, 1.82) is 0 Å².